The van der Waals surface area contributed by atoms with Crippen LogP contribution in [0, 0.1) is 0 Å². The lowest BCUT2D eigenvalue weighted by atomic mass is 10.1. The van der Waals surface area contributed by atoms with Crippen molar-refractivity contribution in [2.24, 2.45) is 0 Å². The van der Waals surface area contributed by atoms with E-state index in [4.69, 9.17) is 23.2 Å². The van der Waals surface area contributed by atoms with Gasteiger partial charge in [0.25, 0.3) is 5.91 Å². The summed E-state index contributed by atoms with van der Waals surface area (Å²) in [6, 6.07) is 4.99. The Hall–Kier alpha value is -1.19. The molecular weight excluding hydrogens is 249 g/mol. The van der Waals surface area contributed by atoms with E-state index in [0.29, 0.717) is 10.6 Å². The summed E-state index contributed by atoms with van der Waals surface area (Å²) < 4.78 is 0. The zero-order valence-corrected chi connectivity index (χ0v) is 10.0. The number of rotatable bonds is 1. The Morgan fingerprint density at radius 3 is 2.62 bits per heavy atom. The van der Waals surface area contributed by atoms with Gasteiger partial charge in [0.2, 0.25) is 0 Å². The second-order valence-corrected chi connectivity index (χ2v) is 4.37. The van der Waals surface area contributed by atoms with E-state index in [1.807, 2.05) is 0 Å². The van der Waals surface area contributed by atoms with Crippen molar-refractivity contribution < 1.29 is 9.90 Å². The van der Waals surface area contributed by atoms with Crippen LogP contribution in [0.1, 0.15) is 5.56 Å². The molecule has 1 aliphatic heterocycles. The van der Waals surface area contributed by atoms with Gasteiger partial charge in [-0.15, -0.1) is 0 Å². The van der Waals surface area contributed by atoms with Crippen molar-refractivity contribution in [2.75, 3.05) is 13.6 Å². The van der Waals surface area contributed by atoms with E-state index in [9.17, 15) is 9.90 Å². The molecule has 0 unspecified atom stereocenters. The highest BCUT2D eigenvalue weighted by molar-refractivity contribution is 6.44. The lowest BCUT2D eigenvalue weighted by molar-refractivity contribution is -0.122. The van der Waals surface area contributed by atoms with Crippen molar-refractivity contribution in [1.82, 2.24) is 4.90 Å². The van der Waals surface area contributed by atoms with Crippen LogP contribution >= 0.6 is 23.2 Å². The number of nitrogens with zero attached hydrogens (tertiary/aromatic N) is 1. The molecule has 3 nitrogen and oxygen atoms in total. The monoisotopic (exact) mass is 257 g/mol. The largest absolute Gasteiger partial charge is 0.510 e. The highest BCUT2D eigenvalue weighted by Crippen LogP contribution is 2.34. The summed E-state index contributed by atoms with van der Waals surface area (Å²) in [5, 5.41) is 10.4. The number of aliphatic hydroxyl groups is 1. The van der Waals surface area contributed by atoms with Crippen LogP contribution in [0.2, 0.25) is 10.0 Å². The fourth-order valence-electron chi connectivity index (χ4n) is 1.66. The van der Waals surface area contributed by atoms with Crippen LogP contribution in [0.25, 0.3) is 5.57 Å². The smallest absolute Gasteiger partial charge is 0.258 e. The Morgan fingerprint density at radius 1 is 1.38 bits per heavy atom. The molecule has 1 aliphatic rings. The third-order valence-corrected chi connectivity index (χ3v) is 3.28. The fraction of sp³-hybridized carbons (Fsp3) is 0.182. The summed E-state index contributed by atoms with van der Waals surface area (Å²) in [4.78, 5) is 13.2. The third-order valence-electron chi connectivity index (χ3n) is 2.46. The van der Waals surface area contributed by atoms with Gasteiger partial charge < -0.3 is 10.0 Å². The average molecular weight is 258 g/mol. The molecule has 1 heterocycles. The summed E-state index contributed by atoms with van der Waals surface area (Å²) in [6.07, 6.45) is 0. The number of likely N-dealkylation sites (N-methyl/N-ethyl adjacent to an activating group) is 1. The molecule has 0 atom stereocenters. The van der Waals surface area contributed by atoms with Gasteiger partial charge in [0.15, 0.2) is 0 Å². The summed E-state index contributed by atoms with van der Waals surface area (Å²) >= 11 is 11.9. The van der Waals surface area contributed by atoms with Crippen molar-refractivity contribution in [3.05, 3.63) is 39.6 Å². The Balaban J connectivity index is 2.57. The second-order valence-electron chi connectivity index (χ2n) is 3.58. The maximum Gasteiger partial charge on any atom is 0.258 e. The van der Waals surface area contributed by atoms with E-state index in [1.54, 1.807) is 25.2 Å². The fourth-order valence-corrected chi connectivity index (χ4v) is 2.05. The molecule has 0 spiro atoms. The molecular formula is C11H9Cl2NO2. The van der Waals surface area contributed by atoms with Gasteiger partial charge in [-0.1, -0.05) is 35.3 Å². The predicted molar refractivity (Wildman–Crippen MR) is 63.6 cm³/mol. The molecule has 2 rings (SSSR count). The molecule has 0 saturated heterocycles. The first kappa shape index (κ1) is 11.3. The van der Waals surface area contributed by atoms with E-state index >= 15 is 0 Å². The number of aliphatic hydroxyl groups excluding tert-OH is 1. The van der Waals surface area contributed by atoms with E-state index in [2.05, 4.69) is 0 Å². The molecule has 0 fully saturated rings. The second kappa shape index (κ2) is 4.00. The molecule has 1 aromatic rings. The van der Waals surface area contributed by atoms with Crippen LogP contribution < -0.4 is 0 Å². The molecule has 1 aromatic carbocycles. The molecule has 5 heteroatoms. The van der Waals surface area contributed by atoms with E-state index in [0.717, 1.165) is 0 Å². The minimum absolute atomic E-state index is 0.0247. The van der Waals surface area contributed by atoms with Crippen LogP contribution in [0.15, 0.2) is 24.0 Å². The minimum Gasteiger partial charge on any atom is -0.510 e. The lowest BCUT2D eigenvalue weighted by Crippen LogP contribution is -2.21. The number of carbonyl (C=O) groups is 1. The number of hydrogen-bond donors (Lipinski definition) is 1. The van der Waals surface area contributed by atoms with Crippen molar-refractivity contribution in [3.63, 3.8) is 0 Å². The van der Waals surface area contributed by atoms with Crippen molar-refractivity contribution in [2.45, 2.75) is 0 Å². The van der Waals surface area contributed by atoms with Crippen molar-refractivity contribution in [3.8, 4) is 0 Å². The normalized spacial score (nSPS) is 16.2. The molecule has 16 heavy (non-hydrogen) atoms. The topological polar surface area (TPSA) is 40.5 Å². The summed E-state index contributed by atoms with van der Waals surface area (Å²) in [5.41, 5.74) is 0.705. The Bertz CT molecular complexity index is 497. The van der Waals surface area contributed by atoms with E-state index < -0.39 is 0 Å². The number of benzene rings is 1. The predicted octanol–water partition coefficient (Wildman–Crippen LogP) is 2.73. The first-order valence-electron chi connectivity index (χ1n) is 4.64. The molecule has 0 aliphatic carbocycles. The molecule has 0 bridgehead atoms. The van der Waals surface area contributed by atoms with Crippen LogP contribution in [0.5, 0.6) is 0 Å². The van der Waals surface area contributed by atoms with E-state index in [-0.39, 0.29) is 28.8 Å². The van der Waals surface area contributed by atoms with Crippen LogP contribution in [0.3, 0.4) is 0 Å². The van der Waals surface area contributed by atoms with Gasteiger partial charge in [0, 0.05) is 12.6 Å². The van der Waals surface area contributed by atoms with Gasteiger partial charge in [-0.05, 0) is 6.07 Å². The first-order valence-corrected chi connectivity index (χ1v) is 5.40. The zero-order chi connectivity index (χ0) is 11.9. The Kier molecular flexibility index (Phi) is 2.82. The number of amides is 1. The van der Waals surface area contributed by atoms with Gasteiger partial charge in [-0.25, -0.2) is 0 Å². The molecule has 1 N–H and O–H groups in total. The van der Waals surface area contributed by atoms with Crippen LogP contribution in [-0.4, -0.2) is 29.5 Å². The maximum absolute atomic E-state index is 11.8. The number of carbonyl (C=O) groups excluding carboxylic acids is 1. The average Bonchev–Trinajstić information content (AvgIpc) is 2.47. The molecule has 0 radical (unpaired) electrons. The standard InChI is InChI=1S/C11H9Cl2NO2/c1-14-5-8(15)9(11(14)16)6-3-2-4-7(12)10(6)13/h2-4,15H,5H2,1H3. The summed E-state index contributed by atoms with van der Waals surface area (Å²) in [6.45, 7) is 0.205. The van der Waals surface area contributed by atoms with Gasteiger partial charge >= 0.3 is 0 Å². The number of hydrogen-bond acceptors (Lipinski definition) is 2. The first-order chi connectivity index (χ1) is 7.52. The number of halogens is 2. The molecule has 1 amide bonds. The summed E-state index contributed by atoms with van der Waals surface area (Å²) in [7, 11) is 1.62. The Morgan fingerprint density at radius 2 is 2.06 bits per heavy atom. The third kappa shape index (κ3) is 1.66. The Labute approximate surface area is 103 Å². The van der Waals surface area contributed by atoms with Gasteiger partial charge in [0.1, 0.15) is 5.76 Å². The quantitative estimate of drug-likeness (QED) is 0.841. The SMILES string of the molecule is CN1CC(O)=C(c2cccc(Cl)c2Cl)C1=O. The van der Waals surface area contributed by atoms with Crippen molar-refractivity contribution >= 4 is 34.7 Å². The molecule has 0 saturated carbocycles. The van der Waals surface area contributed by atoms with Gasteiger partial charge in [0.05, 0.1) is 22.2 Å². The minimum atomic E-state index is -0.248. The lowest BCUT2D eigenvalue weighted by Gasteiger charge is -2.09. The zero-order valence-electron chi connectivity index (χ0n) is 8.50. The summed E-state index contributed by atoms with van der Waals surface area (Å²) in [5.74, 6) is -0.224. The highest BCUT2D eigenvalue weighted by atomic mass is 35.5. The van der Waals surface area contributed by atoms with Crippen LogP contribution in [0.4, 0.5) is 0 Å². The maximum atomic E-state index is 11.8. The van der Waals surface area contributed by atoms with Crippen LogP contribution in [-0.2, 0) is 4.79 Å². The van der Waals surface area contributed by atoms with Gasteiger partial charge in [-0.3, -0.25) is 4.79 Å². The van der Waals surface area contributed by atoms with Gasteiger partial charge in [-0.2, -0.15) is 0 Å². The molecule has 84 valence electrons. The van der Waals surface area contributed by atoms with E-state index in [1.165, 1.54) is 4.90 Å². The molecule has 0 aromatic heterocycles. The highest BCUT2D eigenvalue weighted by Gasteiger charge is 2.30. The van der Waals surface area contributed by atoms with Crippen molar-refractivity contribution in [1.29, 1.82) is 0 Å².